The van der Waals surface area contributed by atoms with Crippen molar-refractivity contribution in [1.29, 1.82) is 0 Å². The third-order valence-corrected chi connectivity index (χ3v) is 15.6. The molecule has 1 aliphatic carbocycles. The molecule has 0 unspecified atom stereocenters. The Kier molecular flexibility index (Phi) is 18.5. The van der Waals surface area contributed by atoms with E-state index in [-0.39, 0.29) is 5.41 Å². The molecule has 0 heterocycles. The Hall–Kier alpha value is -5.86. The van der Waals surface area contributed by atoms with E-state index in [1.54, 1.807) is 11.1 Å². The number of benzene rings is 7. The van der Waals surface area contributed by atoms with Gasteiger partial charge in [-0.05, 0) is 176 Å². The van der Waals surface area contributed by atoms with Gasteiger partial charge in [0.2, 0.25) is 0 Å². The Labute approximate surface area is 430 Å². The molecule has 0 atom stereocenters. The first-order valence-electron chi connectivity index (χ1n) is 28.2. The molecule has 0 fully saturated rings. The van der Waals surface area contributed by atoms with Gasteiger partial charge >= 0.3 is 0 Å². The average molecular weight is 941 g/mol. The van der Waals surface area contributed by atoms with E-state index in [9.17, 15) is 0 Å². The molecule has 7 aromatic carbocycles. The van der Waals surface area contributed by atoms with Crippen LogP contribution in [0.1, 0.15) is 177 Å². The monoisotopic (exact) mass is 941 g/mol. The first-order chi connectivity index (χ1) is 34.8. The van der Waals surface area contributed by atoms with Gasteiger partial charge in [-0.25, -0.2) is 0 Å². The molecule has 0 N–H and O–H groups in total. The molecule has 1 aliphatic rings. The number of hydrogen-bond donors (Lipinski definition) is 0. The molecule has 0 spiro atoms. The number of anilines is 6. The van der Waals surface area contributed by atoms with Gasteiger partial charge in [0.15, 0.2) is 0 Å². The SMILES string of the molecule is CCCCCCCCC1(CCCCCCCC)c2cc(C)ccc2-c2ccc(-c3ccc(N(c4ccc(CCCC)cc4)c4ccc(N(c5ccc(C)cc5)c5ccc(CCCC)cc5)cc4)cc3)cc21. The van der Waals surface area contributed by atoms with E-state index in [4.69, 9.17) is 0 Å². The van der Waals surface area contributed by atoms with E-state index >= 15 is 0 Å². The second kappa shape index (κ2) is 25.5. The maximum atomic E-state index is 2.61. The quantitative estimate of drug-likeness (QED) is 0.0474. The van der Waals surface area contributed by atoms with Crippen LogP contribution in [0.5, 0.6) is 0 Å². The summed E-state index contributed by atoms with van der Waals surface area (Å²) in [5, 5.41) is 0. The van der Waals surface area contributed by atoms with E-state index in [1.807, 2.05) is 0 Å². The molecule has 0 bridgehead atoms. The van der Waals surface area contributed by atoms with Crippen LogP contribution in [0.15, 0.2) is 158 Å². The lowest BCUT2D eigenvalue weighted by Crippen LogP contribution is -2.25. The van der Waals surface area contributed by atoms with Gasteiger partial charge in [0, 0.05) is 39.5 Å². The van der Waals surface area contributed by atoms with Gasteiger partial charge in [-0.1, -0.05) is 208 Å². The number of hydrogen-bond acceptors (Lipinski definition) is 2. The van der Waals surface area contributed by atoms with Gasteiger partial charge in [0.05, 0.1) is 0 Å². The van der Waals surface area contributed by atoms with E-state index in [0.717, 1.165) is 35.6 Å². The lowest BCUT2D eigenvalue weighted by Gasteiger charge is -2.33. The predicted molar refractivity (Wildman–Crippen MR) is 310 cm³/mol. The summed E-state index contributed by atoms with van der Waals surface area (Å²) in [4.78, 5) is 4.82. The van der Waals surface area contributed by atoms with Gasteiger partial charge in [-0.3, -0.25) is 0 Å². The van der Waals surface area contributed by atoms with Crippen LogP contribution in [-0.4, -0.2) is 0 Å². The summed E-state index contributed by atoms with van der Waals surface area (Å²) in [7, 11) is 0. The van der Waals surface area contributed by atoms with E-state index in [2.05, 4.69) is 209 Å². The minimum Gasteiger partial charge on any atom is -0.311 e. The van der Waals surface area contributed by atoms with Crippen LogP contribution in [-0.2, 0) is 18.3 Å². The lowest BCUT2D eigenvalue weighted by atomic mass is 9.70. The highest BCUT2D eigenvalue weighted by Crippen LogP contribution is 2.55. The van der Waals surface area contributed by atoms with Crippen molar-refractivity contribution in [3.8, 4) is 22.3 Å². The highest BCUT2D eigenvalue weighted by Gasteiger charge is 2.42. The summed E-state index contributed by atoms with van der Waals surface area (Å²) < 4.78 is 0. The Morgan fingerprint density at radius 1 is 0.310 bits per heavy atom. The van der Waals surface area contributed by atoms with E-state index in [1.165, 1.54) is 171 Å². The van der Waals surface area contributed by atoms with Gasteiger partial charge in [0.1, 0.15) is 0 Å². The van der Waals surface area contributed by atoms with Crippen molar-refractivity contribution in [2.45, 2.75) is 175 Å². The zero-order valence-electron chi connectivity index (χ0n) is 44.5. The number of rotatable bonds is 27. The highest BCUT2D eigenvalue weighted by molar-refractivity contribution is 5.86. The highest BCUT2D eigenvalue weighted by atomic mass is 15.2. The van der Waals surface area contributed by atoms with Crippen LogP contribution < -0.4 is 9.80 Å². The van der Waals surface area contributed by atoms with Gasteiger partial charge in [0.25, 0.3) is 0 Å². The fourth-order valence-corrected chi connectivity index (χ4v) is 11.4. The number of aryl methyl sites for hydroxylation is 4. The average Bonchev–Trinajstić information content (AvgIpc) is 3.66. The fraction of sp³-hybridized carbons (Fsp3) is 0.391. The molecular weight excluding hydrogens is 857 g/mol. The molecule has 0 aliphatic heterocycles. The zero-order chi connectivity index (χ0) is 49.4. The number of fused-ring (bicyclic) bond motifs is 3. The molecule has 2 heteroatoms. The van der Waals surface area contributed by atoms with Crippen molar-refractivity contribution in [1.82, 2.24) is 0 Å². The van der Waals surface area contributed by atoms with Crippen LogP contribution in [0.2, 0.25) is 0 Å². The van der Waals surface area contributed by atoms with Crippen molar-refractivity contribution >= 4 is 34.1 Å². The van der Waals surface area contributed by atoms with Crippen molar-refractivity contribution in [2.75, 3.05) is 9.80 Å². The summed E-state index contributed by atoms with van der Waals surface area (Å²) >= 11 is 0. The summed E-state index contributed by atoms with van der Waals surface area (Å²) in [5.41, 5.74) is 21.1. The smallest absolute Gasteiger partial charge is 0.0463 e. The Balaban J connectivity index is 1.13. The molecule has 71 heavy (non-hydrogen) atoms. The third kappa shape index (κ3) is 12.6. The number of unbranched alkanes of at least 4 members (excludes halogenated alkanes) is 12. The molecule has 0 amide bonds. The number of nitrogens with zero attached hydrogens (tertiary/aromatic N) is 2. The molecule has 8 rings (SSSR count). The van der Waals surface area contributed by atoms with Gasteiger partial charge < -0.3 is 9.80 Å². The third-order valence-electron chi connectivity index (χ3n) is 15.6. The zero-order valence-corrected chi connectivity index (χ0v) is 44.5. The Bertz CT molecular complexity index is 2670. The molecule has 0 saturated carbocycles. The van der Waals surface area contributed by atoms with Crippen LogP contribution in [0.3, 0.4) is 0 Å². The van der Waals surface area contributed by atoms with Crippen LogP contribution >= 0.6 is 0 Å². The van der Waals surface area contributed by atoms with Crippen LogP contribution in [0, 0.1) is 13.8 Å². The summed E-state index contributed by atoms with van der Waals surface area (Å²) in [5.74, 6) is 0. The summed E-state index contributed by atoms with van der Waals surface area (Å²) in [6, 6.07) is 60.8. The first kappa shape index (κ1) is 51.5. The van der Waals surface area contributed by atoms with E-state index in [0.29, 0.717) is 0 Å². The first-order valence-corrected chi connectivity index (χ1v) is 28.2. The van der Waals surface area contributed by atoms with Gasteiger partial charge in [-0.15, -0.1) is 0 Å². The standard InChI is InChI=1S/C69H84N2/c1-7-11-15-17-19-21-49-69(50-22-20-18-16-12-8-2)67-51-54(6)27-47-65(67)66-48-34-58(52-68(66)69)57-32-41-62(42-33-57)71(61-39-30-56(31-40-61)24-14-10-4)64-45-43-63(44-46-64)70(59-35-25-53(5)26-36-59)60-37-28-55(29-38-60)23-13-9-3/h25-48,51-52H,7-24,49-50H2,1-6H3. The topological polar surface area (TPSA) is 6.48 Å². The Morgan fingerprint density at radius 2 is 0.648 bits per heavy atom. The fourth-order valence-electron chi connectivity index (χ4n) is 11.4. The molecular formula is C69H84N2. The molecule has 7 aromatic rings. The molecule has 0 saturated heterocycles. The maximum absolute atomic E-state index is 2.61. The minimum atomic E-state index is 0.0571. The molecule has 0 radical (unpaired) electrons. The summed E-state index contributed by atoms with van der Waals surface area (Å²) in [6.45, 7) is 13.6. The van der Waals surface area contributed by atoms with Crippen molar-refractivity contribution in [3.63, 3.8) is 0 Å². The summed E-state index contributed by atoms with van der Waals surface area (Å²) in [6.07, 6.45) is 25.5. The van der Waals surface area contributed by atoms with Crippen molar-refractivity contribution < 1.29 is 0 Å². The molecule has 2 nitrogen and oxygen atoms in total. The van der Waals surface area contributed by atoms with Gasteiger partial charge in [-0.2, -0.15) is 0 Å². The normalized spacial score (nSPS) is 12.5. The van der Waals surface area contributed by atoms with E-state index < -0.39 is 0 Å². The second-order valence-electron chi connectivity index (χ2n) is 21.0. The van der Waals surface area contributed by atoms with Crippen molar-refractivity contribution in [3.05, 3.63) is 191 Å². The lowest BCUT2D eigenvalue weighted by molar-refractivity contribution is 0.398. The maximum Gasteiger partial charge on any atom is 0.0463 e. The minimum absolute atomic E-state index is 0.0571. The van der Waals surface area contributed by atoms with Crippen LogP contribution in [0.25, 0.3) is 22.3 Å². The van der Waals surface area contributed by atoms with Crippen LogP contribution in [0.4, 0.5) is 34.1 Å². The largest absolute Gasteiger partial charge is 0.311 e. The molecule has 0 aromatic heterocycles. The predicted octanol–water partition coefficient (Wildman–Crippen LogP) is 21.4. The Morgan fingerprint density at radius 3 is 1.10 bits per heavy atom. The molecule has 370 valence electrons. The van der Waals surface area contributed by atoms with Crippen molar-refractivity contribution in [2.24, 2.45) is 0 Å². The second-order valence-corrected chi connectivity index (χ2v) is 21.0.